The first-order chi connectivity index (χ1) is 9.70. The average Bonchev–Trinajstić information content (AvgIpc) is 2.38. The third-order valence-electron chi connectivity index (χ3n) is 3.06. The molecule has 2 N–H and O–H groups in total. The van der Waals surface area contributed by atoms with E-state index >= 15 is 0 Å². The van der Waals surface area contributed by atoms with Crippen LogP contribution in [0.5, 0.6) is 5.75 Å². The zero-order chi connectivity index (χ0) is 15.8. The predicted molar refractivity (Wildman–Crippen MR) is 84.9 cm³/mol. The standard InChI is InChI=1S/C14H13Cl2NO3S/c1-8-3-4-11(5-9(8)2)21(19,20)17-10-6-12(15)14(18)13(16)7-10/h3-7,17-18H,1-2H3. The van der Waals surface area contributed by atoms with Gasteiger partial charge in [0.25, 0.3) is 10.0 Å². The van der Waals surface area contributed by atoms with Crippen molar-refractivity contribution in [1.82, 2.24) is 0 Å². The smallest absolute Gasteiger partial charge is 0.261 e. The molecule has 0 spiro atoms. The Labute approximate surface area is 133 Å². The van der Waals surface area contributed by atoms with Crippen LogP contribution in [-0.2, 0) is 10.0 Å². The maximum absolute atomic E-state index is 12.3. The van der Waals surface area contributed by atoms with Crippen molar-refractivity contribution in [2.45, 2.75) is 18.7 Å². The summed E-state index contributed by atoms with van der Waals surface area (Å²) in [5.41, 5.74) is 2.06. The van der Waals surface area contributed by atoms with Crippen LogP contribution in [0, 0.1) is 13.8 Å². The van der Waals surface area contributed by atoms with Gasteiger partial charge in [0.2, 0.25) is 0 Å². The zero-order valence-electron chi connectivity index (χ0n) is 11.3. The number of aryl methyl sites for hydroxylation is 2. The minimum atomic E-state index is -3.75. The molecule has 0 amide bonds. The molecule has 0 bridgehead atoms. The number of nitrogens with one attached hydrogen (secondary N) is 1. The molecule has 0 aliphatic heterocycles. The summed E-state index contributed by atoms with van der Waals surface area (Å²) in [6.07, 6.45) is 0. The van der Waals surface area contributed by atoms with E-state index in [1.807, 2.05) is 13.8 Å². The Morgan fingerprint density at radius 3 is 2.10 bits per heavy atom. The Morgan fingerprint density at radius 2 is 1.57 bits per heavy atom. The van der Waals surface area contributed by atoms with Crippen molar-refractivity contribution >= 4 is 38.9 Å². The Kier molecular flexibility index (Phi) is 4.37. The number of aromatic hydroxyl groups is 1. The summed E-state index contributed by atoms with van der Waals surface area (Å²) in [5, 5.41) is 9.42. The molecule has 0 fully saturated rings. The highest BCUT2D eigenvalue weighted by Crippen LogP contribution is 2.35. The number of phenolic OH excluding ortho intramolecular Hbond substituents is 1. The lowest BCUT2D eigenvalue weighted by molar-refractivity contribution is 0.476. The lowest BCUT2D eigenvalue weighted by atomic mass is 10.1. The minimum Gasteiger partial charge on any atom is -0.505 e. The molecule has 0 atom stereocenters. The maximum Gasteiger partial charge on any atom is 0.261 e. The normalized spacial score (nSPS) is 11.4. The molecule has 21 heavy (non-hydrogen) atoms. The maximum atomic E-state index is 12.3. The summed E-state index contributed by atoms with van der Waals surface area (Å²) in [4.78, 5) is 0.144. The van der Waals surface area contributed by atoms with Crippen LogP contribution < -0.4 is 4.72 Å². The number of hydrogen-bond donors (Lipinski definition) is 2. The SMILES string of the molecule is Cc1ccc(S(=O)(=O)Nc2cc(Cl)c(O)c(Cl)c2)cc1C. The van der Waals surface area contributed by atoms with Gasteiger partial charge in [0.1, 0.15) is 0 Å². The highest BCUT2D eigenvalue weighted by molar-refractivity contribution is 7.92. The van der Waals surface area contributed by atoms with Gasteiger partial charge in [0.05, 0.1) is 20.6 Å². The third-order valence-corrected chi connectivity index (χ3v) is 5.01. The summed E-state index contributed by atoms with van der Waals surface area (Å²) >= 11 is 11.5. The molecule has 112 valence electrons. The monoisotopic (exact) mass is 345 g/mol. The molecule has 0 saturated carbocycles. The summed E-state index contributed by atoms with van der Waals surface area (Å²) in [6, 6.07) is 7.43. The topological polar surface area (TPSA) is 66.4 Å². The molecule has 0 saturated heterocycles. The molecular formula is C14H13Cl2NO3S. The number of benzene rings is 2. The molecule has 2 aromatic rings. The van der Waals surface area contributed by atoms with Gasteiger partial charge in [0.15, 0.2) is 5.75 Å². The number of phenols is 1. The van der Waals surface area contributed by atoms with E-state index in [2.05, 4.69) is 4.72 Å². The van der Waals surface area contributed by atoms with E-state index < -0.39 is 10.0 Å². The number of rotatable bonds is 3. The largest absolute Gasteiger partial charge is 0.505 e. The van der Waals surface area contributed by atoms with Crippen LogP contribution in [0.1, 0.15) is 11.1 Å². The van der Waals surface area contributed by atoms with Crippen LogP contribution in [0.4, 0.5) is 5.69 Å². The van der Waals surface area contributed by atoms with Crippen LogP contribution in [-0.4, -0.2) is 13.5 Å². The zero-order valence-corrected chi connectivity index (χ0v) is 13.6. The molecule has 0 aliphatic carbocycles. The molecule has 0 heterocycles. The van der Waals surface area contributed by atoms with E-state index in [0.717, 1.165) is 11.1 Å². The second-order valence-electron chi connectivity index (χ2n) is 4.64. The number of anilines is 1. The fourth-order valence-corrected chi connectivity index (χ4v) is 3.33. The van der Waals surface area contributed by atoms with Gasteiger partial charge in [-0.2, -0.15) is 0 Å². The molecular weight excluding hydrogens is 333 g/mol. The predicted octanol–water partition coefficient (Wildman–Crippen LogP) is 4.12. The molecule has 4 nitrogen and oxygen atoms in total. The second kappa shape index (κ2) is 5.75. The molecule has 0 aliphatic rings. The Bertz CT molecular complexity index is 781. The molecule has 7 heteroatoms. The first-order valence-electron chi connectivity index (χ1n) is 5.99. The van der Waals surface area contributed by atoms with Crippen molar-refractivity contribution < 1.29 is 13.5 Å². The second-order valence-corrected chi connectivity index (χ2v) is 7.14. The number of hydrogen-bond acceptors (Lipinski definition) is 3. The Morgan fingerprint density at radius 1 is 1.00 bits per heavy atom. The minimum absolute atomic E-state index is 0.0275. The summed E-state index contributed by atoms with van der Waals surface area (Å²) < 4.78 is 27.0. The third kappa shape index (κ3) is 3.43. The van der Waals surface area contributed by atoms with Gasteiger partial charge in [-0.3, -0.25) is 4.72 Å². The van der Waals surface area contributed by atoms with Gasteiger partial charge in [-0.05, 0) is 49.2 Å². The molecule has 2 rings (SSSR count). The van der Waals surface area contributed by atoms with E-state index in [1.165, 1.54) is 18.2 Å². The van der Waals surface area contributed by atoms with Crippen LogP contribution in [0.25, 0.3) is 0 Å². The molecule has 0 aromatic heterocycles. The van der Waals surface area contributed by atoms with Crippen molar-refractivity contribution in [2.75, 3.05) is 4.72 Å². The molecule has 2 aromatic carbocycles. The lowest BCUT2D eigenvalue weighted by Gasteiger charge is -2.11. The fourth-order valence-electron chi connectivity index (χ4n) is 1.72. The van der Waals surface area contributed by atoms with E-state index in [0.29, 0.717) is 0 Å². The molecule has 0 unspecified atom stereocenters. The summed E-state index contributed by atoms with van der Waals surface area (Å²) in [5.74, 6) is -0.285. The van der Waals surface area contributed by atoms with Gasteiger partial charge >= 0.3 is 0 Å². The van der Waals surface area contributed by atoms with E-state index in [1.54, 1.807) is 12.1 Å². The quantitative estimate of drug-likeness (QED) is 0.822. The van der Waals surface area contributed by atoms with Crippen LogP contribution in [0.3, 0.4) is 0 Å². The van der Waals surface area contributed by atoms with Crippen molar-refractivity contribution in [3.05, 3.63) is 51.5 Å². The molecule has 0 radical (unpaired) electrons. The fraction of sp³-hybridized carbons (Fsp3) is 0.143. The van der Waals surface area contributed by atoms with Gasteiger partial charge in [-0.25, -0.2) is 8.42 Å². The van der Waals surface area contributed by atoms with Crippen molar-refractivity contribution in [1.29, 1.82) is 0 Å². The van der Waals surface area contributed by atoms with Crippen molar-refractivity contribution in [3.63, 3.8) is 0 Å². The number of halogens is 2. The van der Waals surface area contributed by atoms with E-state index in [-0.39, 0.29) is 26.4 Å². The van der Waals surface area contributed by atoms with Gasteiger partial charge in [0, 0.05) is 0 Å². The Balaban J connectivity index is 2.39. The summed E-state index contributed by atoms with van der Waals surface area (Å²) in [7, 11) is -3.75. The number of sulfonamides is 1. The van der Waals surface area contributed by atoms with Gasteiger partial charge < -0.3 is 5.11 Å². The van der Waals surface area contributed by atoms with Crippen LogP contribution in [0.15, 0.2) is 35.2 Å². The highest BCUT2D eigenvalue weighted by Gasteiger charge is 2.16. The van der Waals surface area contributed by atoms with Gasteiger partial charge in [-0.1, -0.05) is 29.3 Å². The Hall–Kier alpha value is -1.43. The lowest BCUT2D eigenvalue weighted by Crippen LogP contribution is -2.13. The first-order valence-corrected chi connectivity index (χ1v) is 8.22. The van der Waals surface area contributed by atoms with Crippen molar-refractivity contribution in [3.8, 4) is 5.75 Å². The van der Waals surface area contributed by atoms with E-state index in [9.17, 15) is 13.5 Å². The van der Waals surface area contributed by atoms with Crippen LogP contribution >= 0.6 is 23.2 Å². The van der Waals surface area contributed by atoms with Crippen LogP contribution in [0.2, 0.25) is 10.0 Å². The summed E-state index contributed by atoms with van der Waals surface area (Å²) in [6.45, 7) is 3.74. The average molecular weight is 346 g/mol. The highest BCUT2D eigenvalue weighted by atomic mass is 35.5. The van der Waals surface area contributed by atoms with Gasteiger partial charge in [-0.15, -0.1) is 0 Å². The van der Waals surface area contributed by atoms with Crippen molar-refractivity contribution in [2.24, 2.45) is 0 Å². The van der Waals surface area contributed by atoms with E-state index in [4.69, 9.17) is 23.2 Å². The first kappa shape index (κ1) is 15.9.